The van der Waals surface area contributed by atoms with Crippen molar-refractivity contribution in [3.8, 4) is 0 Å². The van der Waals surface area contributed by atoms with E-state index >= 15 is 0 Å². The topological polar surface area (TPSA) is 116 Å². The second-order valence-electron chi connectivity index (χ2n) is 5.26. The summed E-state index contributed by atoms with van der Waals surface area (Å²) in [7, 11) is 0. The summed E-state index contributed by atoms with van der Waals surface area (Å²) >= 11 is 7.02. The number of hydrogen-bond donors (Lipinski definition) is 2. The number of amides is 3. The van der Waals surface area contributed by atoms with Crippen LogP contribution in [0.4, 0.5) is 4.79 Å². The molecule has 1 aromatic heterocycles. The summed E-state index contributed by atoms with van der Waals surface area (Å²) in [6.45, 7) is 3.39. The maximum absolute atomic E-state index is 12.8. The van der Waals surface area contributed by atoms with Crippen molar-refractivity contribution in [3.05, 3.63) is 33.6 Å². The van der Waals surface area contributed by atoms with Gasteiger partial charge in [-0.25, -0.2) is 9.78 Å². The van der Waals surface area contributed by atoms with Crippen LogP contribution in [0, 0.1) is 0 Å². The Bertz CT molecular complexity index is 871. The summed E-state index contributed by atoms with van der Waals surface area (Å²) in [5, 5.41) is 3.24. The minimum absolute atomic E-state index is 0.104. The van der Waals surface area contributed by atoms with Crippen molar-refractivity contribution in [2.45, 2.75) is 25.0 Å². The molecule has 0 saturated carbocycles. The Balaban J connectivity index is 2.32. The van der Waals surface area contributed by atoms with Gasteiger partial charge in [-0.2, -0.15) is 0 Å². The molecule has 0 aliphatic heterocycles. The molecule has 10 heteroatoms. The number of urea groups is 1. The quantitative estimate of drug-likeness (QED) is 0.397. The molecule has 0 spiro atoms. The van der Waals surface area contributed by atoms with E-state index in [0.717, 1.165) is 11.8 Å². The molecule has 140 valence electrons. The first-order valence-corrected chi connectivity index (χ1v) is 9.28. The number of nitrogens with zero attached hydrogens (tertiary/aromatic N) is 2. The van der Waals surface area contributed by atoms with E-state index in [2.05, 4.69) is 4.98 Å². The Labute approximate surface area is 159 Å². The van der Waals surface area contributed by atoms with Gasteiger partial charge in [-0.3, -0.25) is 19.5 Å². The molecular weight excluding hydrogens is 380 g/mol. The standard InChI is InChI=1S/C16H19ClN4O4S/c1-2-25-7-3-6-21-14(23)11-5-4-10(17)8-12(11)19-16(21)26-9-13(22)20-15(18)24/h4-5,8H,2-3,6-7,9H2,1H3,(H3,18,20,22,24). The summed E-state index contributed by atoms with van der Waals surface area (Å²) in [4.78, 5) is 39.6. The third-order valence-electron chi connectivity index (χ3n) is 3.35. The van der Waals surface area contributed by atoms with Crippen molar-refractivity contribution in [2.75, 3.05) is 19.0 Å². The highest BCUT2D eigenvalue weighted by molar-refractivity contribution is 7.99. The summed E-state index contributed by atoms with van der Waals surface area (Å²) < 4.78 is 6.80. The predicted molar refractivity (Wildman–Crippen MR) is 101 cm³/mol. The number of thioether (sulfide) groups is 1. The molecule has 0 saturated heterocycles. The van der Waals surface area contributed by atoms with Gasteiger partial charge < -0.3 is 10.5 Å². The van der Waals surface area contributed by atoms with Gasteiger partial charge in [-0.05, 0) is 31.5 Å². The van der Waals surface area contributed by atoms with Gasteiger partial charge in [0.25, 0.3) is 5.56 Å². The van der Waals surface area contributed by atoms with Crippen LogP contribution in [0.25, 0.3) is 10.9 Å². The van der Waals surface area contributed by atoms with Crippen LogP contribution in [-0.2, 0) is 16.1 Å². The van der Waals surface area contributed by atoms with Crippen LogP contribution in [0.3, 0.4) is 0 Å². The van der Waals surface area contributed by atoms with Gasteiger partial charge in [0.05, 0.1) is 16.7 Å². The zero-order valence-electron chi connectivity index (χ0n) is 14.2. The van der Waals surface area contributed by atoms with Gasteiger partial charge in [0.15, 0.2) is 5.16 Å². The Morgan fingerprint density at radius 2 is 2.19 bits per heavy atom. The molecule has 3 amide bonds. The molecule has 0 aliphatic rings. The molecule has 2 aromatic rings. The van der Waals surface area contributed by atoms with Crippen LogP contribution in [0.2, 0.25) is 5.02 Å². The van der Waals surface area contributed by atoms with Crippen LogP contribution in [-0.4, -0.2) is 40.5 Å². The molecule has 1 heterocycles. The third kappa shape index (κ3) is 5.45. The van der Waals surface area contributed by atoms with Crippen molar-refractivity contribution in [1.29, 1.82) is 0 Å². The Morgan fingerprint density at radius 1 is 1.42 bits per heavy atom. The first-order valence-electron chi connectivity index (χ1n) is 7.92. The SMILES string of the molecule is CCOCCCn1c(SCC(=O)NC(N)=O)nc2cc(Cl)ccc2c1=O. The van der Waals surface area contributed by atoms with E-state index in [4.69, 9.17) is 22.1 Å². The number of hydrogen-bond acceptors (Lipinski definition) is 6. The van der Waals surface area contributed by atoms with Crippen LogP contribution >= 0.6 is 23.4 Å². The Hall–Kier alpha value is -2.10. The average Bonchev–Trinajstić information content (AvgIpc) is 2.57. The zero-order chi connectivity index (χ0) is 19.1. The molecule has 0 aliphatic carbocycles. The second kappa shape index (κ2) is 9.56. The minimum Gasteiger partial charge on any atom is -0.382 e. The smallest absolute Gasteiger partial charge is 0.318 e. The lowest BCUT2D eigenvalue weighted by Crippen LogP contribution is -2.36. The number of carbonyl (C=O) groups is 2. The molecular formula is C16H19ClN4O4S. The van der Waals surface area contributed by atoms with Gasteiger partial charge in [0, 0.05) is 24.8 Å². The van der Waals surface area contributed by atoms with Crippen molar-refractivity contribution < 1.29 is 14.3 Å². The highest BCUT2D eigenvalue weighted by Gasteiger charge is 2.14. The summed E-state index contributed by atoms with van der Waals surface area (Å²) in [6.07, 6.45) is 0.621. The largest absolute Gasteiger partial charge is 0.382 e. The fraction of sp³-hybridized carbons (Fsp3) is 0.375. The van der Waals surface area contributed by atoms with Crippen LogP contribution < -0.4 is 16.6 Å². The molecule has 0 radical (unpaired) electrons. The molecule has 2 rings (SSSR count). The normalized spacial score (nSPS) is 10.8. The summed E-state index contributed by atoms with van der Waals surface area (Å²) in [5.74, 6) is -0.670. The Morgan fingerprint density at radius 3 is 2.88 bits per heavy atom. The second-order valence-corrected chi connectivity index (χ2v) is 6.64. The van der Waals surface area contributed by atoms with Gasteiger partial charge in [-0.1, -0.05) is 23.4 Å². The number of imide groups is 1. The van der Waals surface area contributed by atoms with Crippen LogP contribution in [0.15, 0.2) is 28.2 Å². The number of aromatic nitrogens is 2. The number of primary amides is 1. The number of benzene rings is 1. The number of rotatable bonds is 8. The van der Waals surface area contributed by atoms with E-state index in [1.807, 2.05) is 12.2 Å². The molecule has 0 fully saturated rings. The van der Waals surface area contributed by atoms with E-state index < -0.39 is 11.9 Å². The summed E-state index contributed by atoms with van der Waals surface area (Å²) in [6, 6.07) is 3.92. The fourth-order valence-electron chi connectivity index (χ4n) is 2.25. The average molecular weight is 399 g/mol. The molecule has 8 nitrogen and oxygen atoms in total. The molecule has 26 heavy (non-hydrogen) atoms. The number of nitrogens with two attached hydrogens (primary N) is 1. The van der Waals surface area contributed by atoms with E-state index in [0.29, 0.717) is 47.3 Å². The van der Waals surface area contributed by atoms with Crippen LogP contribution in [0.5, 0.6) is 0 Å². The maximum Gasteiger partial charge on any atom is 0.318 e. The first-order chi connectivity index (χ1) is 12.4. The monoisotopic (exact) mass is 398 g/mol. The maximum atomic E-state index is 12.8. The number of nitrogens with one attached hydrogen (secondary N) is 1. The van der Waals surface area contributed by atoms with Gasteiger partial charge in [0.1, 0.15) is 0 Å². The number of fused-ring (bicyclic) bond motifs is 1. The highest BCUT2D eigenvalue weighted by atomic mass is 35.5. The number of halogens is 1. The lowest BCUT2D eigenvalue weighted by Gasteiger charge is -2.13. The number of ether oxygens (including phenoxy) is 1. The Kier molecular flexibility index (Phi) is 7.43. The van der Waals surface area contributed by atoms with Gasteiger partial charge >= 0.3 is 6.03 Å². The molecule has 0 unspecified atom stereocenters. The van der Waals surface area contributed by atoms with Crippen molar-refractivity contribution in [1.82, 2.24) is 14.9 Å². The molecule has 1 aromatic carbocycles. The van der Waals surface area contributed by atoms with Crippen molar-refractivity contribution in [2.24, 2.45) is 5.73 Å². The van der Waals surface area contributed by atoms with E-state index in [-0.39, 0.29) is 11.3 Å². The van der Waals surface area contributed by atoms with Crippen molar-refractivity contribution >= 4 is 46.2 Å². The highest BCUT2D eigenvalue weighted by Crippen LogP contribution is 2.20. The fourth-order valence-corrected chi connectivity index (χ4v) is 3.25. The van der Waals surface area contributed by atoms with Crippen LogP contribution in [0.1, 0.15) is 13.3 Å². The van der Waals surface area contributed by atoms with E-state index in [1.54, 1.807) is 18.2 Å². The first kappa shape index (κ1) is 20.2. The zero-order valence-corrected chi connectivity index (χ0v) is 15.7. The molecule has 3 N–H and O–H groups in total. The third-order valence-corrected chi connectivity index (χ3v) is 4.56. The van der Waals surface area contributed by atoms with Gasteiger partial charge in [-0.15, -0.1) is 0 Å². The van der Waals surface area contributed by atoms with Gasteiger partial charge in [0.2, 0.25) is 5.91 Å². The molecule has 0 bridgehead atoms. The number of carbonyl (C=O) groups excluding carboxylic acids is 2. The van der Waals surface area contributed by atoms with Crippen molar-refractivity contribution in [3.63, 3.8) is 0 Å². The van der Waals surface area contributed by atoms with E-state index in [1.165, 1.54) is 4.57 Å². The minimum atomic E-state index is -0.928. The molecule has 0 atom stereocenters. The lowest BCUT2D eigenvalue weighted by molar-refractivity contribution is -0.117. The predicted octanol–water partition coefficient (Wildman–Crippen LogP) is 1.76. The lowest BCUT2D eigenvalue weighted by atomic mass is 10.2. The summed E-state index contributed by atoms with van der Waals surface area (Å²) in [5.41, 5.74) is 5.15. The van der Waals surface area contributed by atoms with E-state index in [9.17, 15) is 14.4 Å².